The summed E-state index contributed by atoms with van der Waals surface area (Å²) in [6, 6.07) is 10.4. The normalized spacial score (nSPS) is 18.3. The zero-order valence-electron chi connectivity index (χ0n) is 17.0. The van der Waals surface area contributed by atoms with E-state index in [2.05, 4.69) is 52.1 Å². The first-order chi connectivity index (χ1) is 14.1. The van der Waals surface area contributed by atoms with Crippen LogP contribution < -0.4 is 0 Å². The number of aromatic nitrogens is 4. The first kappa shape index (κ1) is 18.1. The van der Waals surface area contributed by atoms with Gasteiger partial charge in [0.1, 0.15) is 11.5 Å². The van der Waals surface area contributed by atoms with Crippen molar-refractivity contribution in [2.24, 2.45) is 0 Å². The fraction of sp³-hybridized carbons (Fsp3) is 0.409. The number of hydrogen-bond donors (Lipinski definition) is 0. The molecule has 7 heteroatoms. The van der Waals surface area contributed by atoms with E-state index in [1.54, 1.807) is 10.9 Å². The number of hydrogen-bond acceptors (Lipinski definition) is 4. The molecule has 2 aliphatic heterocycles. The summed E-state index contributed by atoms with van der Waals surface area (Å²) in [4.78, 5) is 22.3. The molecular formula is C22H26N6O. The van der Waals surface area contributed by atoms with E-state index in [1.807, 2.05) is 24.1 Å². The zero-order chi connectivity index (χ0) is 20.0. The molecule has 1 amide bonds. The molecule has 1 spiro atoms. The van der Waals surface area contributed by atoms with Gasteiger partial charge in [-0.2, -0.15) is 5.10 Å². The summed E-state index contributed by atoms with van der Waals surface area (Å²) in [6.45, 7) is 5.00. The lowest BCUT2D eigenvalue weighted by molar-refractivity contribution is 0.0225. The number of rotatable bonds is 2. The van der Waals surface area contributed by atoms with Gasteiger partial charge >= 0.3 is 0 Å². The molecule has 0 N–H and O–H groups in total. The first-order valence-electron chi connectivity index (χ1n) is 10.3. The van der Waals surface area contributed by atoms with Gasteiger partial charge in [-0.15, -0.1) is 0 Å². The zero-order valence-corrected chi connectivity index (χ0v) is 17.0. The second-order valence-electron chi connectivity index (χ2n) is 7.96. The van der Waals surface area contributed by atoms with Crippen LogP contribution in [0, 0.1) is 0 Å². The average molecular weight is 390 g/mol. The maximum atomic E-state index is 13.1. The Morgan fingerprint density at radius 3 is 2.72 bits per heavy atom. The number of likely N-dealkylation sites (tertiary alicyclic amines) is 1. The van der Waals surface area contributed by atoms with Crippen LogP contribution in [0.25, 0.3) is 5.69 Å². The van der Waals surface area contributed by atoms with Gasteiger partial charge < -0.3 is 9.47 Å². The molecule has 2 aliphatic rings. The molecule has 5 rings (SSSR count). The van der Waals surface area contributed by atoms with Crippen LogP contribution in [0.4, 0.5) is 0 Å². The molecular weight excluding hydrogens is 364 g/mol. The third-order valence-electron chi connectivity index (χ3n) is 6.56. The van der Waals surface area contributed by atoms with Gasteiger partial charge in [0.2, 0.25) is 0 Å². The highest BCUT2D eigenvalue weighted by atomic mass is 16.2. The lowest BCUT2D eigenvalue weighted by Crippen LogP contribution is -2.53. The Bertz CT molecular complexity index is 1040. The third kappa shape index (κ3) is 2.72. The Hall–Kier alpha value is -2.93. The minimum atomic E-state index is -0.176. The summed E-state index contributed by atoms with van der Waals surface area (Å²) in [5.41, 5.74) is 3.00. The molecule has 0 radical (unpaired) electrons. The van der Waals surface area contributed by atoms with Crippen molar-refractivity contribution in [2.45, 2.75) is 38.4 Å². The van der Waals surface area contributed by atoms with E-state index < -0.39 is 0 Å². The predicted octanol–water partition coefficient (Wildman–Crippen LogP) is 2.67. The third-order valence-corrected chi connectivity index (χ3v) is 6.56. The highest BCUT2D eigenvalue weighted by Gasteiger charge is 2.45. The quantitative estimate of drug-likeness (QED) is 0.675. The summed E-state index contributed by atoms with van der Waals surface area (Å²) in [7, 11) is 2.19. The molecule has 1 saturated heterocycles. The van der Waals surface area contributed by atoms with Crippen molar-refractivity contribution in [3.05, 3.63) is 66.0 Å². The number of piperidine rings is 1. The van der Waals surface area contributed by atoms with Crippen LogP contribution in [0.3, 0.4) is 0 Å². The van der Waals surface area contributed by atoms with Crippen LogP contribution in [-0.4, -0.2) is 55.2 Å². The van der Waals surface area contributed by atoms with Crippen molar-refractivity contribution in [1.82, 2.24) is 29.1 Å². The van der Waals surface area contributed by atoms with Crippen LogP contribution in [0.15, 0.2) is 48.9 Å². The number of carbonyl (C=O) groups excluding carboxylic acids is 1. The highest BCUT2D eigenvalue weighted by molar-refractivity contribution is 5.92. The van der Waals surface area contributed by atoms with Gasteiger partial charge in [-0.3, -0.25) is 14.4 Å². The fourth-order valence-electron chi connectivity index (χ4n) is 4.91. The van der Waals surface area contributed by atoms with Crippen molar-refractivity contribution in [3.63, 3.8) is 0 Å². The molecule has 1 fully saturated rings. The molecule has 0 aliphatic carbocycles. The Morgan fingerprint density at radius 2 is 1.93 bits per heavy atom. The number of benzene rings is 1. The predicted molar refractivity (Wildman–Crippen MR) is 110 cm³/mol. The van der Waals surface area contributed by atoms with Gasteiger partial charge in [-0.05, 0) is 44.5 Å². The van der Waals surface area contributed by atoms with Crippen molar-refractivity contribution in [1.29, 1.82) is 0 Å². The number of imidazole rings is 1. The van der Waals surface area contributed by atoms with E-state index in [-0.39, 0.29) is 11.4 Å². The van der Waals surface area contributed by atoms with Gasteiger partial charge in [-0.1, -0.05) is 18.2 Å². The Morgan fingerprint density at radius 1 is 1.14 bits per heavy atom. The number of nitrogens with zero attached hydrogens (tertiary/aromatic N) is 6. The van der Waals surface area contributed by atoms with E-state index in [9.17, 15) is 4.79 Å². The summed E-state index contributed by atoms with van der Waals surface area (Å²) < 4.78 is 4.01. The molecule has 0 unspecified atom stereocenters. The SMILES string of the molecule is CCn1nccc1C(=O)N1CCC2(CC1)c1nccn1-c1ccccc1CN2C. The van der Waals surface area contributed by atoms with Gasteiger partial charge in [0, 0.05) is 44.8 Å². The van der Waals surface area contributed by atoms with Crippen molar-refractivity contribution >= 4 is 5.91 Å². The molecule has 7 nitrogen and oxygen atoms in total. The Kier molecular flexibility index (Phi) is 4.28. The highest BCUT2D eigenvalue weighted by Crippen LogP contribution is 2.42. The van der Waals surface area contributed by atoms with Gasteiger partial charge in [0.15, 0.2) is 0 Å². The fourth-order valence-corrected chi connectivity index (χ4v) is 4.91. The Balaban J connectivity index is 1.45. The molecule has 2 aromatic heterocycles. The van der Waals surface area contributed by atoms with Crippen LogP contribution >= 0.6 is 0 Å². The lowest BCUT2D eigenvalue weighted by Gasteiger charge is -2.45. The maximum Gasteiger partial charge on any atom is 0.272 e. The van der Waals surface area contributed by atoms with Crippen LogP contribution in [0.1, 0.15) is 41.6 Å². The number of para-hydroxylation sites is 1. The lowest BCUT2D eigenvalue weighted by atomic mass is 9.84. The smallest absolute Gasteiger partial charge is 0.272 e. The van der Waals surface area contributed by atoms with Gasteiger partial charge in [0.25, 0.3) is 5.91 Å². The van der Waals surface area contributed by atoms with E-state index in [4.69, 9.17) is 4.98 Å². The minimum absolute atomic E-state index is 0.0714. The monoisotopic (exact) mass is 390 g/mol. The van der Waals surface area contributed by atoms with Gasteiger partial charge in [-0.25, -0.2) is 4.98 Å². The van der Waals surface area contributed by atoms with E-state index in [1.165, 1.54) is 11.3 Å². The standard InChI is InChI=1S/C22H26N6O/c1-3-28-19(8-11-24-28)20(29)26-13-9-22(10-14-26)21-23-12-15-27(21)18-7-5-4-6-17(18)16-25(22)2/h4-8,11-12,15H,3,9-10,13-14,16H2,1-2H3. The summed E-state index contributed by atoms with van der Waals surface area (Å²) >= 11 is 0. The van der Waals surface area contributed by atoms with Crippen LogP contribution in [0.5, 0.6) is 0 Å². The largest absolute Gasteiger partial charge is 0.337 e. The number of fused-ring (bicyclic) bond motifs is 4. The first-order valence-corrected chi connectivity index (χ1v) is 10.3. The Labute approximate surface area is 170 Å². The number of carbonyl (C=O) groups is 1. The molecule has 3 aromatic rings. The molecule has 4 heterocycles. The maximum absolute atomic E-state index is 13.1. The average Bonchev–Trinajstić information content (AvgIpc) is 3.41. The molecule has 0 atom stereocenters. The van der Waals surface area contributed by atoms with Crippen molar-refractivity contribution in [3.8, 4) is 5.69 Å². The molecule has 29 heavy (non-hydrogen) atoms. The molecule has 1 aromatic carbocycles. The molecule has 150 valence electrons. The van der Waals surface area contributed by atoms with Crippen molar-refractivity contribution in [2.75, 3.05) is 20.1 Å². The van der Waals surface area contributed by atoms with Crippen LogP contribution in [-0.2, 0) is 18.6 Å². The molecule has 0 bridgehead atoms. The minimum Gasteiger partial charge on any atom is -0.337 e. The number of aryl methyl sites for hydroxylation is 1. The van der Waals surface area contributed by atoms with E-state index in [0.717, 1.165) is 25.2 Å². The second kappa shape index (κ2) is 6.84. The summed E-state index contributed by atoms with van der Waals surface area (Å²) in [6.07, 6.45) is 7.38. The number of amides is 1. The van der Waals surface area contributed by atoms with Crippen LogP contribution in [0.2, 0.25) is 0 Å². The van der Waals surface area contributed by atoms with Crippen molar-refractivity contribution < 1.29 is 4.79 Å². The molecule has 0 saturated carbocycles. The topological polar surface area (TPSA) is 59.2 Å². The van der Waals surface area contributed by atoms with E-state index >= 15 is 0 Å². The second-order valence-corrected chi connectivity index (χ2v) is 7.96. The van der Waals surface area contributed by atoms with E-state index in [0.29, 0.717) is 25.3 Å². The summed E-state index contributed by atoms with van der Waals surface area (Å²) in [5.74, 6) is 1.15. The summed E-state index contributed by atoms with van der Waals surface area (Å²) in [5, 5.41) is 4.25. The van der Waals surface area contributed by atoms with Gasteiger partial charge in [0.05, 0.1) is 11.2 Å².